The molecular formula is C20H17N3O3S. The molecule has 6 nitrogen and oxygen atoms in total. The van der Waals surface area contributed by atoms with Crippen LogP contribution in [0.4, 0.5) is 10.8 Å². The van der Waals surface area contributed by atoms with Crippen LogP contribution < -0.4 is 15.4 Å². The number of para-hydroxylation sites is 2. The molecule has 2 aromatic carbocycles. The number of thiazole rings is 1. The van der Waals surface area contributed by atoms with Gasteiger partial charge in [0.2, 0.25) is 0 Å². The second kappa shape index (κ2) is 6.51. The summed E-state index contributed by atoms with van der Waals surface area (Å²) in [4.78, 5) is 29.7. The van der Waals surface area contributed by atoms with Crippen molar-refractivity contribution in [3.63, 3.8) is 0 Å². The van der Waals surface area contributed by atoms with Crippen LogP contribution in [-0.2, 0) is 9.59 Å². The predicted molar refractivity (Wildman–Crippen MR) is 105 cm³/mol. The highest BCUT2D eigenvalue weighted by Crippen LogP contribution is 2.34. The van der Waals surface area contributed by atoms with Crippen molar-refractivity contribution < 1.29 is 14.3 Å². The van der Waals surface area contributed by atoms with E-state index in [2.05, 4.69) is 15.6 Å². The minimum Gasteiger partial charge on any atom is -0.466 e. The molecule has 3 aromatic rings. The summed E-state index contributed by atoms with van der Waals surface area (Å²) in [6.45, 7) is 3.46. The predicted octanol–water partition coefficient (Wildman–Crippen LogP) is 3.85. The van der Waals surface area contributed by atoms with Crippen molar-refractivity contribution in [3.05, 3.63) is 59.5 Å². The molecule has 2 amide bonds. The Labute approximate surface area is 160 Å². The highest BCUT2D eigenvalue weighted by molar-refractivity contribution is 7.14. The molecule has 0 aliphatic carbocycles. The first kappa shape index (κ1) is 17.2. The second-order valence-corrected chi connectivity index (χ2v) is 7.30. The lowest BCUT2D eigenvalue weighted by atomic mass is 10.0. The molecule has 2 heterocycles. The SMILES string of the molecule is Cc1ccc(-c2csc(NC(=O)C3(C)Oc4ccccc4NC3=O)n2)cc1. The van der Waals surface area contributed by atoms with Crippen molar-refractivity contribution in [1.82, 2.24) is 4.98 Å². The zero-order valence-corrected chi connectivity index (χ0v) is 15.6. The molecule has 7 heteroatoms. The number of fused-ring (bicyclic) bond motifs is 1. The molecule has 0 bridgehead atoms. The zero-order valence-electron chi connectivity index (χ0n) is 14.8. The quantitative estimate of drug-likeness (QED) is 0.678. The summed E-state index contributed by atoms with van der Waals surface area (Å²) in [5.74, 6) is -0.637. The Morgan fingerprint density at radius 3 is 2.70 bits per heavy atom. The third-order valence-electron chi connectivity index (χ3n) is 4.39. The third kappa shape index (κ3) is 3.17. The first-order chi connectivity index (χ1) is 13.0. The van der Waals surface area contributed by atoms with Crippen LogP contribution in [0.5, 0.6) is 5.75 Å². The molecule has 2 N–H and O–H groups in total. The molecule has 1 unspecified atom stereocenters. The average molecular weight is 379 g/mol. The topological polar surface area (TPSA) is 80.3 Å². The van der Waals surface area contributed by atoms with Crippen LogP contribution in [0, 0.1) is 6.92 Å². The molecular weight excluding hydrogens is 362 g/mol. The van der Waals surface area contributed by atoms with E-state index in [1.165, 1.54) is 18.3 Å². The number of carbonyl (C=O) groups is 2. The number of hydrogen-bond donors (Lipinski definition) is 2. The van der Waals surface area contributed by atoms with Crippen LogP contribution in [0.3, 0.4) is 0 Å². The molecule has 0 saturated heterocycles. The van der Waals surface area contributed by atoms with E-state index < -0.39 is 17.4 Å². The van der Waals surface area contributed by atoms with Crippen molar-refractivity contribution in [3.8, 4) is 17.0 Å². The molecule has 27 heavy (non-hydrogen) atoms. The van der Waals surface area contributed by atoms with Gasteiger partial charge < -0.3 is 10.1 Å². The zero-order chi connectivity index (χ0) is 19.0. The number of aromatic nitrogens is 1. The lowest BCUT2D eigenvalue weighted by Gasteiger charge is -2.32. The van der Waals surface area contributed by atoms with Gasteiger partial charge >= 0.3 is 0 Å². The molecule has 1 aliphatic heterocycles. The summed E-state index contributed by atoms with van der Waals surface area (Å²) in [5, 5.41) is 7.68. The van der Waals surface area contributed by atoms with Crippen molar-refractivity contribution in [1.29, 1.82) is 0 Å². The maximum Gasteiger partial charge on any atom is 0.280 e. The molecule has 4 rings (SSSR count). The van der Waals surface area contributed by atoms with Gasteiger partial charge in [0.15, 0.2) is 5.13 Å². The summed E-state index contributed by atoms with van der Waals surface area (Å²) in [5.41, 5.74) is 1.76. The number of rotatable bonds is 3. The molecule has 1 atom stereocenters. The van der Waals surface area contributed by atoms with Crippen LogP contribution in [0.1, 0.15) is 12.5 Å². The number of nitrogens with one attached hydrogen (secondary N) is 2. The lowest BCUT2D eigenvalue weighted by molar-refractivity contribution is -0.143. The Hall–Kier alpha value is -3.19. The normalized spacial score (nSPS) is 18.2. The van der Waals surface area contributed by atoms with Gasteiger partial charge in [0, 0.05) is 10.9 Å². The van der Waals surface area contributed by atoms with Crippen molar-refractivity contribution in [2.75, 3.05) is 10.6 Å². The van der Waals surface area contributed by atoms with Crippen LogP contribution in [0.2, 0.25) is 0 Å². The number of ether oxygens (including phenoxy) is 1. The van der Waals surface area contributed by atoms with Gasteiger partial charge in [0.1, 0.15) is 5.75 Å². The van der Waals surface area contributed by atoms with Crippen LogP contribution in [0.25, 0.3) is 11.3 Å². The van der Waals surface area contributed by atoms with Gasteiger partial charge in [-0.2, -0.15) is 0 Å². The fraction of sp³-hybridized carbons (Fsp3) is 0.150. The largest absolute Gasteiger partial charge is 0.466 e. The highest BCUT2D eigenvalue weighted by atomic mass is 32.1. The van der Waals surface area contributed by atoms with Crippen LogP contribution in [0.15, 0.2) is 53.9 Å². The fourth-order valence-corrected chi connectivity index (χ4v) is 3.44. The highest BCUT2D eigenvalue weighted by Gasteiger charge is 2.47. The summed E-state index contributed by atoms with van der Waals surface area (Å²) in [7, 11) is 0. The molecule has 0 fully saturated rings. The summed E-state index contributed by atoms with van der Waals surface area (Å²) in [6.07, 6.45) is 0. The van der Waals surface area contributed by atoms with Gasteiger partial charge in [-0.1, -0.05) is 42.0 Å². The number of benzene rings is 2. The van der Waals surface area contributed by atoms with Gasteiger partial charge in [-0.15, -0.1) is 11.3 Å². The number of hydrogen-bond acceptors (Lipinski definition) is 5. The second-order valence-electron chi connectivity index (χ2n) is 6.44. The first-order valence-electron chi connectivity index (χ1n) is 8.39. The van der Waals surface area contributed by atoms with E-state index in [9.17, 15) is 9.59 Å². The van der Waals surface area contributed by atoms with Gasteiger partial charge in [0.05, 0.1) is 11.4 Å². The molecule has 0 spiro atoms. The van der Waals surface area contributed by atoms with Crippen LogP contribution >= 0.6 is 11.3 Å². The van der Waals surface area contributed by atoms with Gasteiger partial charge in [0.25, 0.3) is 17.4 Å². The molecule has 0 radical (unpaired) electrons. The minimum absolute atomic E-state index is 0.409. The summed E-state index contributed by atoms with van der Waals surface area (Å²) < 4.78 is 5.72. The molecule has 1 aliphatic rings. The smallest absolute Gasteiger partial charge is 0.280 e. The lowest BCUT2D eigenvalue weighted by Crippen LogP contribution is -2.56. The van der Waals surface area contributed by atoms with Crippen LogP contribution in [-0.4, -0.2) is 22.4 Å². The number of amides is 2. The van der Waals surface area contributed by atoms with Gasteiger partial charge in [-0.3, -0.25) is 14.9 Å². The van der Waals surface area contributed by atoms with E-state index in [1.54, 1.807) is 24.3 Å². The minimum atomic E-state index is -1.68. The summed E-state index contributed by atoms with van der Waals surface area (Å²) >= 11 is 1.30. The monoisotopic (exact) mass is 379 g/mol. The van der Waals surface area contributed by atoms with E-state index in [4.69, 9.17) is 4.74 Å². The molecule has 1 aromatic heterocycles. The number of anilines is 2. The van der Waals surface area contributed by atoms with Crippen molar-refractivity contribution in [2.24, 2.45) is 0 Å². The number of nitrogens with zero attached hydrogens (tertiary/aromatic N) is 1. The standard InChI is InChI=1S/C20H17N3O3S/c1-12-7-9-13(10-8-12)15-11-27-19(22-15)23-18(25)20(2)17(24)21-14-5-3-4-6-16(14)26-20/h3-11H,1-2H3,(H,21,24)(H,22,23,25). The Morgan fingerprint density at radius 1 is 1.19 bits per heavy atom. The fourth-order valence-electron chi connectivity index (χ4n) is 2.72. The van der Waals surface area contributed by atoms with E-state index in [0.29, 0.717) is 16.6 Å². The number of aryl methyl sites for hydroxylation is 1. The van der Waals surface area contributed by atoms with Gasteiger partial charge in [-0.05, 0) is 26.0 Å². The number of carbonyl (C=O) groups excluding carboxylic acids is 2. The Balaban J connectivity index is 1.54. The third-order valence-corrected chi connectivity index (χ3v) is 5.15. The van der Waals surface area contributed by atoms with Crippen molar-refractivity contribution in [2.45, 2.75) is 19.4 Å². The summed E-state index contributed by atoms with van der Waals surface area (Å²) in [6, 6.07) is 15.0. The molecule has 136 valence electrons. The Kier molecular flexibility index (Phi) is 4.16. The van der Waals surface area contributed by atoms with E-state index >= 15 is 0 Å². The Morgan fingerprint density at radius 2 is 1.93 bits per heavy atom. The maximum absolute atomic E-state index is 12.8. The van der Waals surface area contributed by atoms with E-state index in [0.717, 1.165) is 16.8 Å². The average Bonchev–Trinajstić information content (AvgIpc) is 3.11. The van der Waals surface area contributed by atoms with Gasteiger partial charge in [-0.25, -0.2) is 4.98 Å². The molecule has 0 saturated carbocycles. The van der Waals surface area contributed by atoms with E-state index in [-0.39, 0.29) is 0 Å². The maximum atomic E-state index is 12.8. The van der Waals surface area contributed by atoms with E-state index in [1.807, 2.05) is 36.6 Å². The first-order valence-corrected chi connectivity index (χ1v) is 9.27. The van der Waals surface area contributed by atoms with Crippen molar-refractivity contribution >= 4 is 34.0 Å². The Bertz CT molecular complexity index is 1030.